The summed E-state index contributed by atoms with van der Waals surface area (Å²) in [5.41, 5.74) is 5.69. The third kappa shape index (κ3) is 2.45. The SMILES string of the molecule is Cc1ccc2c(c1)CSc1ccc(C)cc1CS2. The van der Waals surface area contributed by atoms with Crippen LogP contribution in [0.15, 0.2) is 46.2 Å². The highest BCUT2D eigenvalue weighted by Gasteiger charge is 2.12. The Morgan fingerprint density at radius 1 is 0.722 bits per heavy atom. The quantitative estimate of drug-likeness (QED) is 0.646. The van der Waals surface area contributed by atoms with E-state index in [1.807, 2.05) is 23.5 Å². The molecule has 92 valence electrons. The van der Waals surface area contributed by atoms with E-state index in [4.69, 9.17) is 0 Å². The molecule has 2 aromatic rings. The van der Waals surface area contributed by atoms with Gasteiger partial charge in [0, 0.05) is 21.3 Å². The van der Waals surface area contributed by atoms with E-state index in [0.29, 0.717) is 0 Å². The summed E-state index contributed by atoms with van der Waals surface area (Å²) in [6.07, 6.45) is 0. The summed E-state index contributed by atoms with van der Waals surface area (Å²) in [5.74, 6) is 2.17. The van der Waals surface area contributed by atoms with E-state index in [1.54, 1.807) is 0 Å². The second-order valence-corrected chi connectivity index (χ2v) is 6.83. The Labute approximate surface area is 117 Å². The molecule has 0 amide bonds. The Kier molecular flexibility index (Phi) is 3.40. The summed E-state index contributed by atoms with van der Waals surface area (Å²) >= 11 is 3.94. The van der Waals surface area contributed by atoms with Gasteiger partial charge in [0.1, 0.15) is 0 Å². The van der Waals surface area contributed by atoms with Crippen LogP contribution in [0.4, 0.5) is 0 Å². The number of rotatable bonds is 0. The first-order valence-corrected chi connectivity index (χ1v) is 8.14. The third-order valence-corrected chi connectivity index (χ3v) is 5.53. The lowest BCUT2D eigenvalue weighted by molar-refractivity contribution is 1.18. The first-order chi connectivity index (χ1) is 8.72. The molecule has 0 aromatic heterocycles. The lowest BCUT2D eigenvalue weighted by atomic mass is 10.1. The molecule has 0 nitrogen and oxygen atoms in total. The highest BCUT2D eigenvalue weighted by Crippen LogP contribution is 2.38. The highest BCUT2D eigenvalue weighted by atomic mass is 32.2. The van der Waals surface area contributed by atoms with E-state index < -0.39 is 0 Å². The third-order valence-electron chi connectivity index (χ3n) is 3.20. The molecule has 0 radical (unpaired) electrons. The van der Waals surface area contributed by atoms with Crippen molar-refractivity contribution in [1.82, 2.24) is 0 Å². The van der Waals surface area contributed by atoms with Gasteiger partial charge in [-0.15, -0.1) is 23.5 Å². The smallest absolute Gasteiger partial charge is 0.0243 e. The van der Waals surface area contributed by atoms with Crippen LogP contribution in [-0.2, 0) is 11.5 Å². The Balaban J connectivity index is 1.96. The fraction of sp³-hybridized carbons (Fsp3) is 0.250. The van der Waals surface area contributed by atoms with E-state index in [2.05, 4.69) is 50.2 Å². The summed E-state index contributed by atoms with van der Waals surface area (Å²) in [7, 11) is 0. The molecule has 2 aromatic carbocycles. The lowest BCUT2D eigenvalue weighted by Gasteiger charge is -2.17. The van der Waals surface area contributed by atoms with Gasteiger partial charge in [-0.25, -0.2) is 0 Å². The average Bonchev–Trinajstić information content (AvgIpc) is 2.34. The Bertz CT molecular complexity index is 534. The van der Waals surface area contributed by atoms with Crippen molar-refractivity contribution < 1.29 is 0 Å². The van der Waals surface area contributed by atoms with Gasteiger partial charge in [0.05, 0.1) is 0 Å². The molecule has 0 unspecified atom stereocenters. The van der Waals surface area contributed by atoms with Gasteiger partial charge in [-0.1, -0.05) is 35.4 Å². The van der Waals surface area contributed by atoms with Crippen LogP contribution in [0.3, 0.4) is 0 Å². The molecule has 0 bridgehead atoms. The van der Waals surface area contributed by atoms with Crippen molar-refractivity contribution in [3.8, 4) is 0 Å². The summed E-state index contributed by atoms with van der Waals surface area (Å²) in [5, 5.41) is 0. The van der Waals surface area contributed by atoms with Gasteiger partial charge in [0.25, 0.3) is 0 Å². The van der Waals surface area contributed by atoms with Crippen molar-refractivity contribution >= 4 is 23.5 Å². The molecular formula is C16H16S2. The molecule has 1 aliphatic rings. The molecule has 1 heterocycles. The molecule has 0 saturated carbocycles. The minimum atomic E-state index is 1.08. The van der Waals surface area contributed by atoms with Gasteiger partial charge < -0.3 is 0 Å². The van der Waals surface area contributed by atoms with Gasteiger partial charge in [0.2, 0.25) is 0 Å². The fourth-order valence-electron chi connectivity index (χ4n) is 2.23. The zero-order valence-corrected chi connectivity index (χ0v) is 12.3. The van der Waals surface area contributed by atoms with Gasteiger partial charge in [-0.3, -0.25) is 0 Å². The van der Waals surface area contributed by atoms with Crippen LogP contribution in [0.25, 0.3) is 0 Å². The summed E-state index contributed by atoms with van der Waals surface area (Å²) in [4.78, 5) is 2.89. The van der Waals surface area contributed by atoms with Crippen LogP contribution in [0.1, 0.15) is 22.3 Å². The minimum absolute atomic E-state index is 1.08. The van der Waals surface area contributed by atoms with Crippen LogP contribution >= 0.6 is 23.5 Å². The number of fused-ring (bicyclic) bond motifs is 2. The minimum Gasteiger partial charge on any atom is -0.121 e. The Morgan fingerprint density at radius 3 is 1.61 bits per heavy atom. The van der Waals surface area contributed by atoms with Crippen LogP contribution in [0.5, 0.6) is 0 Å². The highest BCUT2D eigenvalue weighted by molar-refractivity contribution is 8.00. The zero-order valence-electron chi connectivity index (χ0n) is 10.7. The number of hydrogen-bond acceptors (Lipinski definition) is 2. The van der Waals surface area contributed by atoms with Gasteiger partial charge in [-0.05, 0) is 37.1 Å². The molecule has 0 atom stereocenters. The number of benzene rings is 2. The topological polar surface area (TPSA) is 0 Å². The Hall–Kier alpha value is -0.860. The predicted octanol–water partition coefficient (Wildman–Crippen LogP) is 5.20. The van der Waals surface area contributed by atoms with Crippen LogP contribution in [-0.4, -0.2) is 0 Å². The molecule has 1 aliphatic heterocycles. The number of hydrogen-bond donors (Lipinski definition) is 0. The molecule has 0 aliphatic carbocycles. The van der Waals surface area contributed by atoms with Crippen molar-refractivity contribution in [1.29, 1.82) is 0 Å². The van der Waals surface area contributed by atoms with E-state index in [9.17, 15) is 0 Å². The zero-order chi connectivity index (χ0) is 12.5. The van der Waals surface area contributed by atoms with E-state index in [-0.39, 0.29) is 0 Å². The molecule has 0 saturated heterocycles. The van der Waals surface area contributed by atoms with Gasteiger partial charge in [0.15, 0.2) is 0 Å². The van der Waals surface area contributed by atoms with Crippen LogP contribution in [0.2, 0.25) is 0 Å². The van der Waals surface area contributed by atoms with E-state index in [0.717, 1.165) is 11.5 Å². The van der Waals surface area contributed by atoms with Crippen molar-refractivity contribution in [3.05, 3.63) is 58.7 Å². The maximum absolute atomic E-state index is 2.33. The van der Waals surface area contributed by atoms with Crippen molar-refractivity contribution in [2.75, 3.05) is 0 Å². The summed E-state index contributed by atoms with van der Waals surface area (Å²) < 4.78 is 0. The maximum Gasteiger partial charge on any atom is 0.0243 e. The molecule has 3 rings (SSSR count). The molecule has 0 fully saturated rings. The van der Waals surface area contributed by atoms with Crippen molar-refractivity contribution in [3.63, 3.8) is 0 Å². The molecule has 0 N–H and O–H groups in total. The van der Waals surface area contributed by atoms with Gasteiger partial charge in [-0.2, -0.15) is 0 Å². The summed E-state index contributed by atoms with van der Waals surface area (Å²) in [6, 6.07) is 13.6. The van der Waals surface area contributed by atoms with Crippen LogP contribution < -0.4 is 0 Å². The van der Waals surface area contributed by atoms with E-state index in [1.165, 1.54) is 32.0 Å². The fourth-order valence-corrected chi connectivity index (χ4v) is 4.48. The lowest BCUT2D eigenvalue weighted by Crippen LogP contribution is -1.95. The second kappa shape index (κ2) is 5.02. The van der Waals surface area contributed by atoms with Crippen LogP contribution in [0, 0.1) is 13.8 Å². The molecular weight excluding hydrogens is 256 g/mol. The normalized spacial score (nSPS) is 14.3. The first-order valence-electron chi connectivity index (χ1n) is 6.17. The first kappa shape index (κ1) is 12.2. The molecule has 0 spiro atoms. The number of aryl methyl sites for hydroxylation is 2. The second-order valence-electron chi connectivity index (χ2n) is 4.80. The Morgan fingerprint density at radius 2 is 1.17 bits per heavy atom. The largest absolute Gasteiger partial charge is 0.121 e. The van der Waals surface area contributed by atoms with E-state index >= 15 is 0 Å². The molecule has 18 heavy (non-hydrogen) atoms. The monoisotopic (exact) mass is 272 g/mol. The summed E-state index contributed by atoms with van der Waals surface area (Å²) in [6.45, 7) is 4.34. The van der Waals surface area contributed by atoms with Crippen molar-refractivity contribution in [2.24, 2.45) is 0 Å². The molecule has 2 heteroatoms. The standard InChI is InChI=1S/C16H16S2/c1-11-3-5-15-13(7-11)9-17-16-6-4-12(2)8-14(16)10-18-15/h3-8H,9-10H2,1-2H3. The number of thioether (sulfide) groups is 2. The predicted molar refractivity (Wildman–Crippen MR) is 81.5 cm³/mol. The average molecular weight is 272 g/mol. The van der Waals surface area contributed by atoms with Gasteiger partial charge >= 0.3 is 0 Å². The maximum atomic E-state index is 2.33. The van der Waals surface area contributed by atoms with Crippen molar-refractivity contribution in [2.45, 2.75) is 35.1 Å².